The van der Waals surface area contributed by atoms with Crippen LogP contribution in [0.1, 0.15) is 39.4 Å². The van der Waals surface area contributed by atoms with E-state index in [0.717, 1.165) is 41.2 Å². The van der Waals surface area contributed by atoms with Crippen LogP contribution in [0.5, 0.6) is 5.75 Å². The lowest BCUT2D eigenvalue weighted by Crippen LogP contribution is -2.05. The van der Waals surface area contributed by atoms with Crippen molar-refractivity contribution in [1.29, 1.82) is 0 Å². The van der Waals surface area contributed by atoms with Crippen molar-refractivity contribution in [3.8, 4) is 5.75 Å². The summed E-state index contributed by atoms with van der Waals surface area (Å²) in [6.45, 7) is 4.76. The third-order valence-electron chi connectivity index (χ3n) is 3.83. The number of aromatic nitrogens is 1. The molecule has 0 aliphatic heterocycles. The van der Waals surface area contributed by atoms with E-state index in [1.54, 1.807) is 19.2 Å². The summed E-state index contributed by atoms with van der Waals surface area (Å²) < 4.78 is 21.0. The fourth-order valence-corrected chi connectivity index (χ4v) is 2.43. The molecule has 6 heteroatoms. The van der Waals surface area contributed by atoms with Gasteiger partial charge in [-0.2, -0.15) is 0 Å². The number of rotatable bonds is 8. The van der Waals surface area contributed by atoms with Gasteiger partial charge >= 0.3 is 5.97 Å². The predicted molar refractivity (Wildman–Crippen MR) is 88.3 cm³/mol. The smallest absolute Gasteiger partial charge is 0.337 e. The molecule has 1 aromatic heterocycles. The Labute approximate surface area is 141 Å². The quantitative estimate of drug-likeness (QED) is 0.545. The van der Waals surface area contributed by atoms with E-state index in [9.17, 15) is 4.79 Å². The molecule has 130 valence electrons. The summed E-state index contributed by atoms with van der Waals surface area (Å²) in [6, 6.07) is 5.31. The monoisotopic (exact) mass is 333 g/mol. The van der Waals surface area contributed by atoms with Crippen LogP contribution in [0, 0.1) is 13.8 Å². The molecular formula is C18H23NO5. The number of methoxy groups -OCH3 is 2. The van der Waals surface area contributed by atoms with Crippen molar-refractivity contribution in [1.82, 2.24) is 5.16 Å². The van der Waals surface area contributed by atoms with Gasteiger partial charge in [-0.25, -0.2) is 4.79 Å². The maximum atomic E-state index is 11.7. The Hall–Kier alpha value is -2.34. The van der Waals surface area contributed by atoms with Crippen molar-refractivity contribution < 1.29 is 23.5 Å². The van der Waals surface area contributed by atoms with Crippen molar-refractivity contribution in [2.45, 2.75) is 33.3 Å². The molecule has 1 heterocycles. The molecular weight excluding hydrogens is 310 g/mol. The zero-order chi connectivity index (χ0) is 17.5. The molecule has 2 aromatic rings. The van der Waals surface area contributed by atoms with Crippen LogP contribution < -0.4 is 4.74 Å². The second kappa shape index (κ2) is 8.49. The molecule has 0 amide bonds. The highest BCUT2D eigenvalue weighted by atomic mass is 16.5. The van der Waals surface area contributed by atoms with Gasteiger partial charge in [-0.3, -0.25) is 0 Å². The Kier molecular flexibility index (Phi) is 6.37. The Balaban J connectivity index is 2.18. The summed E-state index contributed by atoms with van der Waals surface area (Å²) >= 11 is 0. The van der Waals surface area contributed by atoms with Gasteiger partial charge in [0.2, 0.25) is 0 Å². The minimum atomic E-state index is -0.361. The average Bonchev–Trinajstić information content (AvgIpc) is 2.91. The topological polar surface area (TPSA) is 70.8 Å². The van der Waals surface area contributed by atoms with Crippen LogP contribution in [0.15, 0.2) is 22.7 Å². The number of hydrogen-bond donors (Lipinski definition) is 0. The Morgan fingerprint density at radius 2 is 2.04 bits per heavy atom. The number of nitrogens with zero attached hydrogens (tertiary/aromatic N) is 1. The number of carbonyl (C=O) groups excluding carboxylic acids is 1. The first-order valence-corrected chi connectivity index (χ1v) is 7.81. The van der Waals surface area contributed by atoms with Crippen LogP contribution in [0.25, 0.3) is 0 Å². The van der Waals surface area contributed by atoms with E-state index in [4.69, 9.17) is 18.7 Å². The zero-order valence-electron chi connectivity index (χ0n) is 14.5. The van der Waals surface area contributed by atoms with Crippen LogP contribution in [-0.4, -0.2) is 32.0 Å². The summed E-state index contributed by atoms with van der Waals surface area (Å²) in [5.74, 6) is 1.12. The molecule has 0 radical (unpaired) electrons. The molecule has 2 rings (SSSR count). The fourth-order valence-electron chi connectivity index (χ4n) is 2.43. The van der Waals surface area contributed by atoms with Gasteiger partial charge in [0.25, 0.3) is 0 Å². The van der Waals surface area contributed by atoms with E-state index in [2.05, 4.69) is 5.16 Å². The maximum Gasteiger partial charge on any atom is 0.337 e. The van der Waals surface area contributed by atoms with E-state index in [1.165, 1.54) is 7.11 Å². The number of hydrogen-bond acceptors (Lipinski definition) is 6. The summed E-state index contributed by atoms with van der Waals surface area (Å²) in [5, 5.41) is 3.93. The van der Waals surface area contributed by atoms with Gasteiger partial charge in [0.15, 0.2) is 0 Å². The Morgan fingerprint density at radius 1 is 1.25 bits per heavy atom. The highest BCUT2D eigenvalue weighted by Gasteiger charge is 2.14. The van der Waals surface area contributed by atoms with E-state index in [-0.39, 0.29) is 5.97 Å². The van der Waals surface area contributed by atoms with Crippen LogP contribution in [-0.2, 0) is 22.5 Å². The molecule has 24 heavy (non-hydrogen) atoms. The number of carbonyl (C=O) groups is 1. The number of benzene rings is 1. The van der Waals surface area contributed by atoms with Crippen molar-refractivity contribution in [2.75, 3.05) is 20.8 Å². The SMILES string of the molecule is COCCCc1cc(C(=O)OC)ccc1OCc1c(C)noc1C. The molecule has 0 atom stereocenters. The third kappa shape index (κ3) is 4.35. The molecule has 1 aromatic carbocycles. The lowest BCUT2D eigenvalue weighted by molar-refractivity contribution is 0.0600. The highest BCUT2D eigenvalue weighted by Crippen LogP contribution is 2.24. The second-order valence-corrected chi connectivity index (χ2v) is 5.50. The first kappa shape index (κ1) is 18.0. The van der Waals surface area contributed by atoms with Gasteiger partial charge < -0.3 is 18.7 Å². The van der Waals surface area contributed by atoms with Crippen LogP contribution in [0.2, 0.25) is 0 Å². The fraction of sp³-hybridized carbons (Fsp3) is 0.444. The molecule has 0 saturated carbocycles. The Bertz CT molecular complexity index is 673. The number of esters is 1. The van der Waals surface area contributed by atoms with Gasteiger partial charge in [0.05, 0.1) is 23.9 Å². The molecule has 6 nitrogen and oxygen atoms in total. The highest BCUT2D eigenvalue weighted by molar-refractivity contribution is 5.89. The lowest BCUT2D eigenvalue weighted by atomic mass is 10.0. The lowest BCUT2D eigenvalue weighted by Gasteiger charge is -2.13. The van der Waals surface area contributed by atoms with Gasteiger partial charge in [-0.05, 0) is 50.5 Å². The van der Waals surface area contributed by atoms with Gasteiger partial charge in [0.1, 0.15) is 18.1 Å². The van der Waals surface area contributed by atoms with Crippen molar-refractivity contribution in [3.63, 3.8) is 0 Å². The van der Waals surface area contributed by atoms with E-state index in [0.29, 0.717) is 18.8 Å². The van der Waals surface area contributed by atoms with Crippen LogP contribution in [0.3, 0.4) is 0 Å². The molecule has 0 fully saturated rings. The first-order chi connectivity index (χ1) is 11.6. The minimum Gasteiger partial charge on any atom is -0.488 e. The third-order valence-corrected chi connectivity index (χ3v) is 3.83. The summed E-state index contributed by atoms with van der Waals surface area (Å²) in [7, 11) is 3.04. The van der Waals surface area contributed by atoms with Crippen LogP contribution in [0.4, 0.5) is 0 Å². The number of aryl methyl sites for hydroxylation is 3. The molecule has 0 spiro atoms. The first-order valence-electron chi connectivity index (χ1n) is 7.81. The number of ether oxygens (including phenoxy) is 3. The zero-order valence-corrected chi connectivity index (χ0v) is 14.5. The predicted octanol–water partition coefficient (Wildman–Crippen LogP) is 3.24. The van der Waals surface area contributed by atoms with Crippen molar-refractivity contribution >= 4 is 5.97 Å². The van der Waals surface area contributed by atoms with Crippen molar-refractivity contribution in [2.24, 2.45) is 0 Å². The van der Waals surface area contributed by atoms with Crippen LogP contribution >= 0.6 is 0 Å². The molecule has 0 bridgehead atoms. The maximum absolute atomic E-state index is 11.7. The summed E-state index contributed by atoms with van der Waals surface area (Å²) in [6.07, 6.45) is 1.58. The van der Waals surface area contributed by atoms with E-state index >= 15 is 0 Å². The largest absolute Gasteiger partial charge is 0.488 e. The molecule has 0 aliphatic rings. The molecule has 0 saturated heterocycles. The molecule has 0 N–H and O–H groups in total. The van der Waals surface area contributed by atoms with Crippen molar-refractivity contribution in [3.05, 3.63) is 46.3 Å². The molecule has 0 aliphatic carbocycles. The van der Waals surface area contributed by atoms with E-state index in [1.807, 2.05) is 19.9 Å². The normalized spacial score (nSPS) is 10.7. The molecule has 0 unspecified atom stereocenters. The van der Waals surface area contributed by atoms with E-state index < -0.39 is 0 Å². The minimum absolute atomic E-state index is 0.361. The average molecular weight is 333 g/mol. The Morgan fingerprint density at radius 3 is 2.67 bits per heavy atom. The van der Waals surface area contributed by atoms with Gasteiger partial charge in [-0.1, -0.05) is 5.16 Å². The standard InChI is InChI=1S/C18H23NO5/c1-12-16(13(2)24-19-12)11-23-17-8-7-15(18(20)22-4)10-14(17)6-5-9-21-3/h7-8,10H,5-6,9,11H2,1-4H3. The van der Waals surface area contributed by atoms with Gasteiger partial charge in [0, 0.05) is 13.7 Å². The summed E-state index contributed by atoms with van der Waals surface area (Å²) in [5.41, 5.74) is 3.21. The summed E-state index contributed by atoms with van der Waals surface area (Å²) in [4.78, 5) is 11.7. The van der Waals surface area contributed by atoms with Gasteiger partial charge in [-0.15, -0.1) is 0 Å². The second-order valence-electron chi connectivity index (χ2n) is 5.50.